The van der Waals surface area contributed by atoms with Crippen LogP contribution >= 0.6 is 11.5 Å². The molecule has 2 aromatic rings. The van der Waals surface area contributed by atoms with Crippen LogP contribution in [0.2, 0.25) is 0 Å². The molecule has 11 heteroatoms. The number of carbonyl (C=O) groups excluding carboxylic acids is 2. The number of likely N-dealkylation sites (N-methyl/N-ethyl adjacent to an activating group) is 2. The molecule has 1 aliphatic rings. The molecule has 9 nitrogen and oxygen atoms in total. The highest BCUT2D eigenvalue weighted by atomic mass is 32.2. The Morgan fingerprint density at radius 3 is 2.31 bits per heavy atom. The fourth-order valence-electron chi connectivity index (χ4n) is 2.70. The lowest BCUT2D eigenvalue weighted by Gasteiger charge is -2.24. The second-order valence-electron chi connectivity index (χ2n) is 5.66. The number of carbonyl (C=O) groups is 2. The Balaban J connectivity index is 1.96. The average Bonchev–Trinajstić information content (AvgIpc) is 3.10. The van der Waals surface area contributed by atoms with E-state index >= 15 is 0 Å². The fraction of sp³-hybridized carbons (Fsp3) is 0.400. The fourth-order valence-corrected chi connectivity index (χ4v) is 4.04. The lowest BCUT2D eigenvalue weighted by atomic mass is 10.2. The Hall–Kier alpha value is -2.40. The van der Waals surface area contributed by atoms with E-state index in [-0.39, 0.29) is 4.90 Å². The lowest BCUT2D eigenvalue weighted by molar-refractivity contribution is -0.145. The molecule has 26 heavy (non-hydrogen) atoms. The van der Waals surface area contributed by atoms with Gasteiger partial charge in [0, 0.05) is 24.7 Å². The van der Waals surface area contributed by atoms with E-state index < -0.39 is 27.7 Å². The summed E-state index contributed by atoms with van der Waals surface area (Å²) in [6.07, 6.45) is 1.11. The minimum Gasteiger partial charge on any atom is -0.270 e. The van der Waals surface area contributed by atoms with Crippen LogP contribution in [0, 0.1) is 0 Å². The van der Waals surface area contributed by atoms with Gasteiger partial charge in [-0.1, -0.05) is 0 Å². The van der Waals surface area contributed by atoms with Gasteiger partial charge in [-0.2, -0.15) is 9.49 Å². The third-order valence-corrected chi connectivity index (χ3v) is 5.86. The summed E-state index contributed by atoms with van der Waals surface area (Å²) in [6, 6.07) is 3.31. The average molecular weight is 395 g/mol. The van der Waals surface area contributed by atoms with E-state index in [4.69, 9.17) is 0 Å². The van der Waals surface area contributed by atoms with Gasteiger partial charge in [-0.3, -0.25) is 9.59 Å². The van der Waals surface area contributed by atoms with Gasteiger partial charge in [-0.05, 0) is 43.6 Å². The molecule has 1 aromatic heterocycles. The first-order valence-electron chi connectivity index (χ1n) is 7.91. The van der Waals surface area contributed by atoms with E-state index in [1.165, 1.54) is 22.2 Å². The summed E-state index contributed by atoms with van der Waals surface area (Å²) in [6.45, 7) is 4.28. The van der Waals surface area contributed by atoms with Crippen molar-refractivity contribution in [2.24, 2.45) is 10.2 Å². The summed E-state index contributed by atoms with van der Waals surface area (Å²) in [5.41, 5.74) is 0.575. The van der Waals surface area contributed by atoms with Gasteiger partial charge in [0.2, 0.25) is 6.04 Å². The monoisotopic (exact) mass is 395 g/mol. The third kappa shape index (κ3) is 3.07. The van der Waals surface area contributed by atoms with Crippen LogP contribution in [0.1, 0.15) is 13.8 Å². The summed E-state index contributed by atoms with van der Waals surface area (Å²) in [4.78, 5) is 24.8. The number of aromatic nitrogens is 1. The predicted octanol–water partition coefficient (Wildman–Crippen LogP) is 1.78. The molecule has 1 fully saturated rings. The standard InChI is InChI=1S/C15H17N5O4S2/c1-4-19-14(21)12(15(22)20(19)5-2)16-17-13-10-8-9(26(3,23)24)6-7-11(10)18-25-13/h6-8,12H,4-5H2,1-3H3/b17-16+. The first-order valence-corrected chi connectivity index (χ1v) is 10.6. The number of hydrogen-bond acceptors (Lipinski definition) is 8. The highest BCUT2D eigenvalue weighted by Gasteiger charge is 2.44. The van der Waals surface area contributed by atoms with Crippen molar-refractivity contribution in [2.45, 2.75) is 24.8 Å². The molecule has 0 bridgehead atoms. The molecule has 1 aliphatic heterocycles. The smallest absolute Gasteiger partial charge is 0.270 e. The minimum atomic E-state index is -3.38. The van der Waals surface area contributed by atoms with E-state index in [0.717, 1.165) is 17.8 Å². The molecule has 0 N–H and O–H groups in total. The Morgan fingerprint density at radius 1 is 1.15 bits per heavy atom. The lowest BCUT2D eigenvalue weighted by Crippen LogP contribution is -2.40. The molecule has 2 heterocycles. The van der Waals surface area contributed by atoms with Crippen LogP contribution in [-0.4, -0.2) is 60.0 Å². The number of benzene rings is 1. The number of azo groups is 1. The largest absolute Gasteiger partial charge is 0.277 e. The van der Waals surface area contributed by atoms with Gasteiger partial charge in [0.15, 0.2) is 14.8 Å². The second-order valence-corrected chi connectivity index (χ2v) is 8.43. The van der Waals surface area contributed by atoms with Crippen LogP contribution in [0.5, 0.6) is 0 Å². The number of hydrogen-bond donors (Lipinski definition) is 0. The highest BCUT2D eigenvalue weighted by Crippen LogP contribution is 2.33. The summed E-state index contributed by atoms with van der Waals surface area (Å²) in [5, 5.41) is 11.5. The number of rotatable bonds is 5. The highest BCUT2D eigenvalue weighted by molar-refractivity contribution is 7.90. The molecular formula is C15H17N5O4S2. The summed E-state index contributed by atoms with van der Waals surface area (Å²) in [7, 11) is -3.38. The van der Waals surface area contributed by atoms with Gasteiger partial charge < -0.3 is 0 Å². The number of amides is 2. The maximum absolute atomic E-state index is 12.3. The number of sulfone groups is 1. The van der Waals surface area contributed by atoms with E-state index in [9.17, 15) is 18.0 Å². The third-order valence-electron chi connectivity index (χ3n) is 3.99. The van der Waals surface area contributed by atoms with Gasteiger partial charge in [0.05, 0.1) is 10.4 Å². The summed E-state index contributed by atoms with van der Waals surface area (Å²) in [5.74, 6) is -0.845. The molecular weight excluding hydrogens is 378 g/mol. The van der Waals surface area contributed by atoms with Crippen LogP contribution in [0.4, 0.5) is 5.00 Å². The van der Waals surface area contributed by atoms with Crippen molar-refractivity contribution in [1.29, 1.82) is 0 Å². The van der Waals surface area contributed by atoms with Gasteiger partial charge in [-0.15, -0.1) is 5.11 Å². The molecule has 0 spiro atoms. The van der Waals surface area contributed by atoms with Crippen LogP contribution in [0.25, 0.3) is 10.9 Å². The Morgan fingerprint density at radius 2 is 1.77 bits per heavy atom. The molecule has 1 saturated heterocycles. The Bertz CT molecular complexity index is 992. The second kappa shape index (κ2) is 6.72. The molecule has 0 atom stereocenters. The Kier molecular flexibility index (Phi) is 4.76. The molecule has 0 saturated carbocycles. The van der Waals surface area contributed by atoms with E-state index in [1.807, 2.05) is 0 Å². The van der Waals surface area contributed by atoms with Crippen LogP contribution in [0.3, 0.4) is 0 Å². The SMILES string of the molecule is CCN1C(=O)C(/N=N/c2snc3ccc(S(C)(=O)=O)cc23)C(=O)N1CC. The molecule has 0 aliphatic carbocycles. The van der Waals surface area contributed by atoms with Crippen LogP contribution in [-0.2, 0) is 19.4 Å². The van der Waals surface area contributed by atoms with E-state index in [1.54, 1.807) is 19.9 Å². The van der Waals surface area contributed by atoms with Crippen molar-refractivity contribution in [3.05, 3.63) is 18.2 Å². The van der Waals surface area contributed by atoms with Crippen molar-refractivity contribution >= 4 is 49.1 Å². The molecule has 0 radical (unpaired) electrons. The molecule has 1 aromatic carbocycles. The van der Waals surface area contributed by atoms with Crippen molar-refractivity contribution in [3.63, 3.8) is 0 Å². The molecule has 2 amide bonds. The number of nitrogens with zero attached hydrogens (tertiary/aromatic N) is 5. The summed E-state index contributed by atoms with van der Waals surface area (Å²) >= 11 is 1.03. The maximum atomic E-state index is 12.3. The van der Waals surface area contributed by atoms with Crippen molar-refractivity contribution in [3.8, 4) is 0 Å². The Labute approximate surface area is 154 Å². The van der Waals surface area contributed by atoms with Gasteiger partial charge in [0.1, 0.15) is 0 Å². The first-order chi connectivity index (χ1) is 12.3. The normalized spacial score (nSPS) is 16.6. The molecule has 0 unspecified atom stereocenters. The minimum absolute atomic E-state index is 0.143. The zero-order valence-corrected chi connectivity index (χ0v) is 16.0. The summed E-state index contributed by atoms with van der Waals surface area (Å²) < 4.78 is 27.6. The molecule has 138 valence electrons. The van der Waals surface area contributed by atoms with Crippen LogP contribution in [0.15, 0.2) is 33.3 Å². The van der Waals surface area contributed by atoms with Gasteiger partial charge >= 0.3 is 0 Å². The number of hydrazine groups is 1. The van der Waals surface area contributed by atoms with Crippen molar-refractivity contribution in [1.82, 2.24) is 14.4 Å². The first kappa shape index (κ1) is 18.4. The molecule has 3 rings (SSSR count). The van der Waals surface area contributed by atoms with E-state index in [2.05, 4.69) is 14.6 Å². The zero-order valence-electron chi connectivity index (χ0n) is 14.4. The topological polar surface area (TPSA) is 112 Å². The van der Waals surface area contributed by atoms with Gasteiger partial charge in [-0.25, -0.2) is 18.4 Å². The van der Waals surface area contributed by atoms with Gasteiger partial charge in [0.25, 0.3) is 11.8 Å². The van der Waals surface area contributed by atoms with Crippen molar-refractivity contribution < 1.29 is 18.0 Å². The number of fused-ring (bicyclic) bond motifs is 1. The van der Waals surface area contributed by atoms with E-state index in [0.29, 0.717) is 29.0 Å². The van der Waals surface area contributed by atoms with Crippen LogP contribution < -0.4 is 0 Å². The zero-order chi connectivity index (χ0) is 19.1. The van der Waals surface area contributed by atoms with Crippen molar-refractivity contribution in [2.75, 3.05) is 19.3 Å². The predicted molar refractivity (Wildman–Crippen MR) is 95.8 cm³/mol. The maximum Gasteiger partial charge on any atom is 0.277 e. The quantitative estimate of drug-likeness (QED) is 0.566.